The smallest absolute Gasteiger partial charge is 0.261 e. The first-order chi connectivity index (χ1) is 9.70. The van der Waals surface area contributed by atoms with Crippen LogP contribution >= 0.6 is 34.8 Å². The number of sulfonamides is 1. The fraction of sp³-hybridized carbons (Fsp3) is 0.0769. The molecule has 4 nitrogen and oxygen atoms in total. The summed E-state index contributed by atoms with van der Waals surface area (Å²) >= 11 is 17.8. The number of rotatable bonds is 3. The van der Waals surface area contributed by atoms with Gasteiger partial charge in [0.05, 0.1) is 26.3 Å². The van der Waals surface area contributed by atoms with Crippen LogP contribution in [0.5, 0.6) is 0 Å². The van der Waals surface area contributed by atoms with E-state index in [0.717, 1.165) is 5.56 Å². The van der Waals surface area contributed by atoms with Crippen LogP contribution in [0.15, 0.2) is 35.2 Å². The van der Waals surface area contributed by atoms with Crippen LogP contribution in [-0.4, -0.2) is 8.42 Å². The van der Waals surface area contributed by atoms with E-state index in [-0.39, 0.29) is 20.6 Å². The highest BCUT2D eigenvalue weighted by Crippen LogP contribution is 2.31. The van der Waals surface area contributed by atoms with Crippen molar-refractivity contribution in [3.63, 3.8) is 0 Å². The molecule has 0 aliphatic heterocycles. The maximum absolute atomic E-state index is 12.3. The van der Waals surface area contributed by atoms with E-state index < -0.39 is 10.0 Å². The Morgan fingerprint density at radius 3 is 2.29 bits per heavy atom. The molecule has 0 spiro atoms. The molecule has 21 heavy (non-hydrogen) atoms. The van der Waals surface area contributed by atoms with Crippen LogP contribution in [0.2, 0.25) is 15.1 Å². The summed E-state index contributed by atoms with van der Waals surface area (Å²) in [5.41, 5.74) is 6.80. The van der Waals surface area contributed by atoms with Gasteiger partial charge in [-0.15, -0.1) is 0 Å². The van der Waals surface area contributed by atoms with Crippen molar-refractivity contribution in [1.82, 2.24) is 0 Å². The standard InChI is InChI=1S/C13H11Cl3N2O2S/c1-7-4-11(16)13(6-9(7)14)18-21(19,20)8-2-3-12(17)10(15)5-8/h2-6,18H,17H2,1H3. The zero-order valence-electron chi connectivity index (χ0n) is 10.8. The Balaban J connectivity index is 2.42. The molecule has 0 fully saturated rings. The molecule has 0 saturated carbocycles. The average molecular weight is 366 g/mol. The SMILES string of the molecule is Cc1cc(Cl)c(NS(=O)(=O)c2ccc(N)c(Cl)c2)cc1Cl. The number of nitrogens with one attached hydrogen (secondary N) is 1. The van der Waals surface area contributed by atoms with Crippen LogP contribution < -0.4 is 10.5 Å². The third kappa shape index (κ3) is 3.55. The van der Waals surface area contributed by atoms with E-state index in [4.69, 9.17) is 40.5 Å². The van der Waals surface area contributed by atoms with Gasteiger partial charge in [0, 0.05) is 5.02 Å². The lowest BCUT2D eigenvalue weighted by Crippen LogP contribution is -2.13. The molecule has 2 aromatic carbocycles. The van der Waals surface area contributed by atoms with Crippen LogP contribution in [0, 0.1) is 6.92 Å². The lowest BCUT2D eigenvalue weighted by molar-refractivity contribution is 0.601. The largest absolute Gasteiger partial charge is 0.398 e. The van der Waals surface area contributed by atoms with Gasteiger partial charge in [-0.3, -0.25) is 4.72 Å². The van der Waals surface area contributed by atoms with Gasteiger partial charge in [0.15, 0.2) is 0 Å². The molecule has 0 heterocycles. The molecule has 0 bridgehead atoms. The second-order valence-electron chi connectivity index (χ2n) is 4.37. The molecule has 2 rings (SSSR count). The summed E-state index contributed by atoms with van der Waals surface area (Å²) in [5, 5.41) is 0.820. The van der Waals surface area contributed by atoms with E-state index in [1.165, 1.54) is 24.3 Å². The molecular formula is C13H11Cl3N2O2S. The van der Waals surface area contributed by atoms with E-state index in [1.54, 1.807) is 13.0 Å². The number of nitrogens with two attached hydrogens (primary N) is 1. The maximum Gasteiger partial charge on any atom is 0.261 e. The quantitative estimate of drug-likeness (QED) is 0.795. The molecule has 0 unspecified atom stereocenters. The minimum atomic E-state index is -3.84. The summed E-state index contributed by atoms with van der Waals surface area (Å²) in [4.78, 5) is -0.0190. The molecule has 0 saturated heterocycles. The van der Waals surface area contributed by atoms with Crippen molar-refractivity contribution in [1.29, 1.82) is 0 Å². The topological polar surface area (TPSA) is 72.2 Å². The minimum Gasteiger partial charge on any atom is -0.398 e. The van der Waals surface area contributed by atoms with Gasteiger partial charge in [-0.1, -0.05) is 34.8 Å². The number of benzene rings is 2. The van der Waals surface area contributed by atoms with Crippen molar-refractivity contribution in [2.24, 2.45) is 0 Å². The van der Waals surface area contributed by atoms with Crippen molar-refractivity contribution in [2.75, 3.05) is 10.5 Å². The number of aryl methyl sites for hydroxylation is 1. The first kappa shape index (κ1) is 16.2. The lowest BCUT2D eigenvalue weighted by Gasteiger charge is -2.12. The normalized spacial score (nSPS) is 11.4. The zero-order valence-corrected chi connectivity index (χ0v) is 13.9. The molecule has 3 N–H and O–H groups in total. The fourth-order valence-corrected chi connectivity index (χ4v) is 3.43. The van der Waals surface area contributed by atoms with E-state index in [2.05, 4.69) is 4.72 Å². The Hall–Kier alpha value is -1.14. The van der Waals surface area contributed by atoms with Crippen molar-refractivity contribution < 1.29 is 8.42 Å². The molecule has 0 atom stereocenters. The first-order valence-corrected chi connectivity index (χ1v) is 8.36. The van der Waals surface area contributed by atoms with E-state index in [0.29, 0.717) is 10.7 Å². The second-order valence-corrected chi connectivity index (χ2v) is 7.27. The Morgan fingerprint density at radius 1 is 1.00 bits per heavy atom. The number of halogens is 3. The minimum absolute atomic E-state index is 0.0190. The van der Waals surface area contributed by atoms with Gasteiger partial charge >= 0.3 is 0 Å². The molecule has 0 aliphatic rings. The fourth-order valence-electron chi connectivity index (χ4n) is 1.60. The van der Waals surface area contributed by atoms with Gasteiger partial charge in [-0.25, -0.2) is 8.42 Å². The van der Waals surface area contributed by atoms with Gasteiger partial charge in [0.1, 0.15) is 0 Å². The van der Waals surface area contributed by atoms with Crippen LogP contribution in [0.3, 0.4) is 0 Å². The molecule has 0 aliphatic carbocycles. The molecule has 112 valence electrons. The Morgan fingerprint density at radius 2 is 1.67 bits per heavy atom. The van der Waals surface area contributed by atoms with Crippen molar-refractivity contribution >= 4 is 56.2 Å². The average Bonchev–Trinajstić information content (AvgIpc) is 2.39. The van der Waals surface area contributed by atoms with E-state index >= 15 is 0 Å². The lowest BCUT2D eigenvalue weighted by atomic mass is 10.2. The van der Waals surface area contributed by atoms with Crippen LogP contribution in [0.4, 0.5) is 11.4 Å². The third-order valence-corrected chi connectivity index (χ3v) is 5.19. The van der Waals surface area contributed by atoms with Crippen LogP contribution in [0.25, 0.3) is 0 Å². The van der Waals surface area contributed by atoms with Gasteiger partial charge in [-0.2, -0.15) is 0 Å². The van der Waals surface area contributed by atoms with Gasteiger partial charge < -0.3 is 5.73 Å². The Kier molecular flexibility index (Phi) is 4.58. The molecule has 8 heteroatoms. The van der Waals surface area contributed by atoms with E-state index in [1.807, 2.05) is 0 Å². The Bertz CT molecular complexity index is 807. The predicted octanol–water partition coefficient (Wildman–Crippen LogP) is 4.34. The number of hydrogen-bond acceptors (Lipinski definition) is 3. The van der Waals surface area contributed by atoms with E-state index in [9.17, 15) is 8.42 Å². The third-order valence-electron chi connectivity index (χ3n) is 2.77. The molecular weight excluding hydrogens is 355 g/mol. The summed E-state index contributed by atoms with van der Waals surface area (Å²) in [6, 6.07) is 7.07. The summed E-state index contributed by atoms with van der Waals surface area (Å²) < 4.78 is 27.0. The van der Waals surface area contributed by atoms with Gasteiger partial charge in [0.25, 0.3) is 10.0 Å². The molecule has 0 radical (unpaired) electrons. The van der Waals surface area contributed by atoms with Crippen molar-refractivity contribution in [3.05, 3.63) is 51.0 Å². The summed E-state index contributed by atoms with van der Waals surface area (Å²) in [6.07, 6.45) is 0. The molecule has 2 aromatic rings. The number of hydrogen-bond donors (Lipinski definition) is 2. The summed E-state index contributed by atoms with van der Waals surface area (Å²) in [6.45, 7) is 1.77. The maximum atomic E-state index is 12.3. The second kappa shape index (κ2) is 5.93. The van der Waals surface area contributed by atoms with Crippen molar-refractivity contribution in [3.8, 4) is 0 Å². The highest BCUT2D eigenvalue weighted by atomic mass is 35.5. The Labute approximate surface area is 137 Å². The summed E-state index contributed by atoms with van der Waals surface area (Å²) in [5.74, 6) is 0. The zero-order chi connectivity index (χ0) is 15.8. The predicted molar refractivity (Wildman–Crippen MR) is 87.9 cm³/mol. The van der Waals surface area contributed by atoms with Crippen LogP contribution in [0.1, 0.15) is 5.56 Å². The van der Waals surface area contributed by atoms with Crippen LogP contribution in [-0.2, 0) is 10.0 Å². The highest BCUT2D eigenvalue weighted by molar-refractivity contribution is 7.92. The van der Waals surface area contributed by atoms with Crippen molar-refractivity contribution in [2.45, 2.75) is 11.8 Å². The monoisotopic (exact) mass is 364 g/mol. The number of anilines is 2. The molecule has 0 aromatic heterocycles. The first-order valence-electron chi connectivity index (χ1n) is 5.74. The van der Waals surface area contributed by atoms with Gasteiger partial charge in [-0.05, 0) is 42.8 Å². The van der Waals surface area contributed by atoms with Gasteiger partial charge in [0.2, 0.25) is 0 Å². The number of nitrogen functional groups attached to an aromatic ring is 1. The summed E-state index contributed by atoms with van der Waals surface area (Å²) in [7, 11) is -3.84. The molecule has 0 amide bonds. The highest BCUT2D eigenvalue weighted by Gasteiger charge is 2.17.